The first-order valence-corrected chi connectivity index (χ1v) is 10.9. The Labute approximate surface area is 185 Å². The largest absolute Gasteiger partial charge is 0.444 e. The van der Waals surface area contributed by atoms with Gasteiger partial charge in [-0.1, -0.05) is 17.7 Å². The van der Waals surface area contributed by atoms with Crippen LogP contribution in [0.25, 0.3) is 0 Å². The van der Waals surface area contributed by atoms with Crippen molar-refractivity contribution in [3.8, 4) is 0 Å². The molecule has 1 fully saturated rings. The van der Waals surface area contributed by atoms with Crippen molar-refractivity contribution in [1.82, 2.24) is 26.2 Å². The van der Waals surface area contributed by atoms with Crippen LogP contribution in [0.15, 0.2) is 24.3 Å². The fourth-order valence-electron chi connectivity index (χ4n) is 3.21. The summed E-state index contributed by atoms with van der Waals surface area (Å²) in [5, 5.41) is 15.9. The molecule has 1 saturated heterocycles. The lowest BCUT2D eigenvalue weighted by Gasteiger charge is -2.37. The van der Waals surface area contributed by atoms with E-state index in [0.717, 1.165) is 30.6 Å². The van der Waals surface area contributed by atoms with Gasteiger partial charge in [0.1, 0.15) is 11.9 Å². The number of carbonyl (C=O) groups excluding carboxylic acids is 2. The van der Waals surface area contributed by atoms with Crippen LogP contribution in [0, 0.1) is 6.92 Å². The summed E-state index contributed by atoms with van der Waals surface area (Å²) in [4.78, 5) is 25.9. The molecule has 0 bridgehead atoms. The molecule has 0 aliphatic carbocycles. The number of hydrogen-bond donors (Lipinski definition) is 5. The second kappa shape index (κ2) is 11.3. The van der Waals surface area contributed by atoms with Gasteiger partial charge < -0.3 is 25.6 Å². The number of ether oxygens (including phenoxy) is 1. The zero-order valence-corrected chi connectivity index (χ0v) is 19.5. The van der Waals surface area contributed by atoms with Crippen molar-refractivity contribution >= 4 is 17.8 Å². The van der Waals surface area contributed by atoms with E-state index in [1.165, 1.54) is 0 Å². The Balaban J connectivity index is 1.71. The van der Waals surface area contributed by atoms with Crippen LogP contribution in [0.1, 0.15) is 46.1 Å². The third kappa shape index (κ3) is 9.54. The van der Waals surface area contributed by atoms with Crippen molar-refractivity contribution in [2.24, 2.45) is 0 Å². The second-order valence-electron chi connectivity index (χ2n) is 9.13. The summed E-state index contributed by atoms with van der Waals surface area (Å²) in [5.41, 5.74) is 1.39. The van der Waals surface area contributed by atoms with E-state index in [-0.39, 0.29) is 30.6 Å². The quantitative estimate of drug-likeness (QED) is 0.422. The van der Waals surface area contributed by atoms with Crippen molar-refractivity contribution < 1.29 is 14.3 Å². The van der Waals surface area contributed by atoms with Crippen LogP contribution in [-0.4, -0.2) is 61.3 Å². The van der Waals surface area contributed by atoms with E-state index >= 15 is 0 Å². The third-order valence-corrected chi connectivity index (χ3v) is 4.76. The number of hydrogen-bond acceptors (Lipinski definition) is 6. The molecule has 3 amide bonds. The summed E-state index contributed by atoms with van der Waals surface area (Å²) in [5.74, 6) is 0. The number of carbonyl (C=O) groups is 2. The molecule has 1 heterocycles. The van der Waals surface area contributed by atoms with E-state index < -0.39 is 5.60 Å². The molecule has 1 aromatic rings. The van der Waals surface area contributed by atoms with Gasteiger partial charge in [0.25, 0.3) is 0 Å². The standard InChI is InChI=1S/C22H38N6O3/c1-15-8-10-17(11-9-15)25-20(29)27-19-24-16(2)14-18(26-19)23-12-7-13-28(6)21(30)31-22(3,4)5/h8-11,16,18-19,23-24,26H,7,12-14H2,1-6H3,(H2,25,27,29). The van der Waals surface area contributed by atoms with Crippen LogP contribution in [0.2, 0.25) is 0 Å². The fourth-order valence-corrected chi connectivity index (χ4v) is 3.21. The van der Waals surface area contributed by atoms with Crippen molar-refractivity contribution in [2.45, 2.75) is 71.6 Å². The minimum atomic E-state index is -0.494. The first-order valence-electron chi connectivity index (χ1n) is 10.9. The Morgan fingerprint density at radius 2 is 1.87 bits per heavy atom. The van der Waals surface area contributed by atoms with Gasteiger partial charge in [-0.25, -0.2) is 9.59 Å². The molecule has 0 aromatic heterocycles. The van der Waals surface area contributed by atoms with E-state index in [0.29, 0.717) is 6.54 Å². The predicted molar refractivity (Wildman–Crippen MR) is 123 cm³/mol. The van der Waals surface area contributed by atoms with E-state index in [4.69, 9.17) is 4.74 Å². The lowest BCUT2D eigenvalue weighted by molar-refractivity contribution is 0.0297. The number of nitrogens with zero attached hydrogens (tertiary/aromatic N) is 1. The number of aryl methyl sites for hydroxylation is 1. The number of urea groups is 1. The van der Waals surface area contributed by atoms with E-state index in [9.17, 15) is 9.59 Å². The molecule has 2 rings (SSSR count). The number of anilines is 1. The lowest BCUT2D eigenvalue weighted by atomic mass is 10.1. The van der Waals surface area contributed by atoms with Gasteiger partial charge in [0, 0.05) is 25.3 Å². The number of amides is 3. The van der Waals surface area contributed by atoms with Crippen molar-refractivity contribution in [3.63, 3.8) is 0 Å². The minimum Gasteiger partial charge on any atom is -0.444 e. The average molecular weight is 435 g/mol. The average Bonchev–Trinajstić information content (AvgIpc) is 2.65. The van der Waals surface area contributed by atoms with Gasteiger partial charge >= 0.3 is 12.1 Å². The highest BCUT2D eigenvalue weighted by Gasteiger charge is 2.26. The molecule has 3 unspecified atom stereocenters. The van der Waals surface area contributed by atoms with E-state index in [1.807, 2.05) is 52.0 Å². The molecule has 174 valence electrons. The Bertz CT molecular complexity index is 719. The zero-order chi connectivity index (χ0) is 23.0. The van der Waals surface area contributed by atoms with E-state index in [2.05, 4.69) is 33.5 Å². The molecule has 0 spiro atoms. The highest BCUT2D eigenvalue weighted by atomic mass is 16.6. The Hall–Kier alpha value is -2.36. The SMILES string of the molecule is Cc1ccc(NC(=O)NC2NC(C)CC(NCCCN(C)C(=O)OC(C)(C)C)N2)cc1. The van der Waals surface area contributed by atoms with Crippen LogP contribution in [0.4, 0.5) is 15.3 Å². The van der Waals surface area contributed by atoms with Gasteiger partial charge in [-0.3, -0.25) is 10.6 Å². The fraction of sp³-hybridized carbons (Fsp3) is 0.636. The van der Waals surface area contributed by atoms with Crippen LogP contribution in [0.5, 0.6) is 0 Å². The Morgan fingerprint density at radius 3 is 2.52 bits per heavy atom. The number of rotatable bonds is 7. The molecule has 9 nitrogen and oxygen atoms in total. The van der Waals surface area contributed by atoms with Crippen molar-refractivity contribution in [1.29, 1.82) is 0 Å². The van der Waals surface area contributed by atoms with Gasteiger partial charge in [0.05, 0.1) is 6.17 Å². The molecule has 9 heteroatoms. The summed E-state index contributed by atoms with van der Waals surface area (Å²) >= 11 is 0. The van der Waals surface area contributed by atoms with Gasteiger partial charge in [0.15, 0.2) is 0 Å². The van der Waals surface area contributed by atoms with Crippen LogP contribution < -0.4 is 26.6 Å². The van der Waals surface area contributed by atoms with E-state index in [1.54, 1.807) is 11.9 Å². The van der Waals surface area contributed by atoms with Crippen molar-refractivity contribution in [2.75, 3.05) is 25.5 Å². The third-order valence-electron chi connectivity index (χ3n) is 4.76. The molecular formula is C22H38N6O3. The maximum atomic E-state index is 12.3. The van der Waals surface area contributed by atoms with Gasteiger partial charge in [-0.15, -0.1) is 0 Å². The summed E-state index contributed by atoms with van der Waals surface area (Å²) in [6, 6.07) is 7.60. The van der Waals surface area contributed by atoms with Crippen LogP contribution in [-0.2, 0) is 4.74 Å². The topological polar surface area (TPSA) is 107 Å². The number of benzene rings is 1. The van der Waals surface area contributed by atoms with Gasteiger partial charge in [0.2, 0.25) is 0 Å². The molecule has 0 radical (unpaired) electrons. The lowest BCUT2D eigenvalue weighted by Crippen LogP contribution is -2.67. The summed E-state index contributed by atoms with van der Waals surface area (Å²) in [6.45, 7) is 11.0. The Kier molecular flexibility index (Phi) is 9.09. The minimum absolute atomic E-state index is 0.0488. The maximum Gasteiger partial charge on any atom is 0.410 e. The molecule has 0 saturated carbocycles. The molecule has 5 N–H and O–H groups in total. The number of nitrogens with one attached hydrogen (secondary N) is 5. The summed E-state index contributed by atoms with van der Waals surface area (Å²) in [7, 11) is 1.74. The first-order chi connectivity index (χ1) is 14.5. The monoisotopic (exact) mass is 434 g/mol. The molecule has 1 aromatic carbocycles. The van der Waals surface area contributed by atoms with Crippen molar-refractivity contribution in [3.05, 3.63) is 29.8 Å². The first kappa shape index (κ1) is 24.9. The predicted octanol–water partition coefficient (Wildman–Crippen LogP) is 2.54. The zero-order valence-electron chi connectivity index (χ0n) is 19.5. The summed E-state index contributed by atoms with van der Waals surface area (Å²) < 4.78 is 5.36. The molecule has 31 heavy (non-hydrogen) atoms. The molecular weight excluding hydrogens is 396 g/mol. The second-order valence-corrected chi connectivity index (χ2v) is 9.13. The normalized spacial score (nSPS) is 21.3. The van der Waals surface area contributed by atoms with Crippen LogP contribution >= 0.6 is 0 Å². The summed E-state index contributed by atoms with van der Waals surface area (Å²) in [6.07, 6.45) is 1.05. The maximum absolute atomic E-state index is 12.3. The smallest absolute Gasteiger partial charge is 0.410 e. The highest BCUT2D eigenvalue weighted by molar-refractivity contribution is 5.89. The molecule has 1 aliphatic heterocycles. The molecule has 3 atom stereocenters. The Morgan fingerprint density at radius 1 is 1.19 bits per heavy atom. The van der Waals surface area contributed by atoms with Crippen LogP contribution in [0.3, 0.4) is 0 Å². The van der Waals surface area contributed by atoms with Gasteiger partial charge in [-0.2, -0.15) is 0 Å². The highest BCUT2D eigenvalue weighted by Crippen LogP contribution is 2.10. The van der Waals surface area contributed by atoms with Gasteiger partial charge in [-0.05, 0) is 66.1 Å². The molecule has 1 aliphatic rings.